The standard InChI is InChI=1S/C18H20N2O2/c1-3-20-11-10-14-5-6-15(12-17(14)20)19-18(21)9-8-16-7-4-13(2)22-16/h4-9,12H,3,10-11H2,1-2H3,(H,19,21)/b9-8+. The molecule has 3 rings (SSSR count). The predicted molar refractivity (Wildman–Crippen MR) is 89.1 cm³/mol. The Morgan fingerprint density at radius 1 is 1.36 bits per heavy atom. The van der Waals surface area contributed by atoms with Crippen LogP contribution >= 0.6 is 0 Å². The number of aryl methyl sites for hydroxylation is 1. The van der Waals surface area contributed by atoms with Crippen molar-refractivity contribution in [3.63, 3.8) is 0 Å². The Bertz CT molecular complexity index is 716. The maximum atomic E-state index is 12.0. The van der Waals surface area contributed by atoms with Crippen molar-refractivity contribution in [3.05, 3.63) is 53.5 Å². The lowest BCUT2D eigenvalue weighted by molar-refractivity contribution is -0.111. The Kier molecular flexibility index (Phi) is 4.00. The van der Waals surface area contributed by atoms with Crippen LogP contribution in [0, 0.1) is 6.92 Å². The fourth-order valence-corrected chi connectivity index (χ4v) is 2.74. The van der Waals surface area contributed by atoms with Gasteiger partial charge in [0.25, 0.3) is 0 Å². The van der Waals surface area contributed by atoms with E-state index in [-0.39, 0.29) is 5.91 Å². The van der Waals surface area contributed by atoms with E-state index >= 15 is 0 Å². The van der Waals surface area contributed by atoms with Gasteiger partial charge in [0.15, 0.2) is 0 Å². The van der Waals surface area contributed by atoms with E-state index in [1.165, 1.54) is 17.3 Å². The first-order valence-corrected chi connectivity index (χ1v) is 7.59. The Balaban J connectivity index is 1.68. The quantitative estimate of drug-likeness (QED) is 0.876. The molecule has 0 fully saturated rings. The summed E-state index contributed by atoms with van der Waals surface area (Å²) in [6.45, 7) is 6.07. The molecule has 0 atom stereocenters. The summed E-state index contributed by atoms with van der Waals surface area (Å²) in [5.74, 6) is 1.35. The van der Waals surface area contributed by atoms with Crippen LogP contribution in [0.5, 0.6) is 0 Å². The summed E-state index contributed by atoms with van der Waals surface area (Å²) in [6, 6.07) is 9.82. The summed E-state index contributed by atoms with van der Waals surface area (Å²) in [5, 5.41) is 2.90. The van der Waals surface area contributed by atoms with Crippen LogP contribution in [0.4, 0.5) is 11.4 Å². The number of nitrogens with one attached hydrogen (secondary N) is 1. The number of likely N-dealkylation sites (N-methyl/N-ethyl adjacent to an activating group) is 1. The lowest BCUT2D eigenvalue weighted by Gasteiger charge is -2.17. The van der Waals surface area contributed by atoms with Gasteiger partial charge in [0, 0.05) is 30.5 Å². The van der Waals surface area contributed by atoms with Crippen LogP contribution in [0.3, 0.4) is 0 Å². The number of benzene rings is 1. The van der Waals surface area contributed by atoms with Gasteiger partial charge in [-0.15, -0.1) is 0 Å². The molecule has 0 bridgehead atoms. The van der Waals surface area contributed by atoms with Gasteiger partial charge in [0.2, 0.25) is 5.91 Å². The van der Waals surface area contributed by atoms with Crippen LogP contribution in [0.15, 0.2) is 40.8 Å². The maximum Gasteiger partial charge on any atom is 0.248 e. The van der Waals surface area contributed by atoms with Gasteiger partial charge in [-0.3, -0.25) is 4.79 Å². The fourth-order valence-electron chi connectivity index (χ4n) is 2.74. The van der Waals surface area contributed by atoms with E-state index in [0.29, 0.717) is 5.76 Å². The molecule has 0 radical (unpaired) electrons. The molecule has 0 spiro atoms. The molecule has 1 aliphatic rings. The van der Waals surface area contributed by atoms with Gasteiger partial charge in [-0.2, -0.15) is 0 Å². The third-order valence-corrected chi connectivity index (χ3v) is 3.89. The van der Waals surface area contributed by atoms with Gasteiger partial charge in [-0.25, -0.2) is 0 Å². The van der Waals surface area contributed by atoms with Crippen molar-refractivity contribution in [1.82, 2.24) is 0 Å². The number of furan rings is 1. The minimum absolute atomic E-state index is 0.157. The topological polar surface area (TPSA) is 45.5 Å². The molecule has 0 saturated carbocycles. The smallest absolute Gasteiger partial charge is 0.248 e. The summed E-state index contributed by atoms with van der Waals surface area (Å²) in [5.41, 5.74) is 3.40. The fraction of sp³-hybridized carbons (Fsp3) is 0.278. The molecule has 2 heterocycles. The minimum atomic E-state index is -0.157. The van der Waals surface area contributed by atoms with E-state index in [0.717, 1.165) is 31.0 Å². The van der Waals surface area contributed by atoms with Crippen LogP contribution in [-0.4, -0.2) is 19.0 Å². The Labute approximate surface area is 130 Å². The Morgan fingerprint density at radius 2 is 2.23 bits per heavy atom. The SMILES string of the molecule is CCN1CCc2ccc(NC(=O)/C=C/c3ccc(C)o3)cc21. The number of nitrogens with zero attached hydrogens (tertiary/aromatic N) is 1. The van der Waals surface area contributed by atoms with Crippen molar-refractivity contribution in [1.29, 1.82) is 0 Å². The van der Waals surface area contributed by atoms with E-state index in [4.69, 9.17) is 4.42 Å². The molecule has 1 aromatic heterocycles. The van der Waals surface area contributed by atoms with Crippen molar-refractivity contribution in [3.8, 4) is 0 Å². The summed E-state index contributed by atoms with van der Waals surface area (Å²) < 4.78 is 5.40. The number of hydrogen-bond donors (Lipinski definition) is 1. The maximum absolute atomic E-state index is 12.0. The molecule has 4 nitrogen and oxygen atoms in total. The van der Waals surface area contributed by atoms with Crippen LogP contribution in [0.1, 0.15) is 24.0 Å². The molecule has 2 aromatic rings. The molecule has 1 amide bonds. The Hall–Kier alpha value is -2.49. The minimum Gasteiger partial charge on any atom is -0.462 e. The second-order valence-electron chi connectivity index (χ2n) is 5.44. The third kappa shape index (κ3) is 3.06. The lowest BCUT2D eigenvalue weighted by atomic mass is 10.1. The van der Waals surface area contributed by atoms with E-state index in [9.17, 15) is 4.79 Å². The van der Waals surface area contributed by atoms with E-state index < -0.39 is 0 Å². The zero-order chi connectivity index (χ0) is 15.5. The molecule has 0 unspecified atom stereocenters. The molecule has 0 aliphatic carbocycles. The Morgan fingerprint density at radius 3 is 2.95 bits per heavy atom. The molecule has 1 aromatic carbocycles. The summed E-state index contributed by atoms with van der Waals surface area (Å²) in [6.07, 6.45) is 4.24. The lowest BCUT2D eigenvalue weighted by Crippen LogP contribution is -2.19. The van der Waals surface area contributed by atoms with Crippen molar-refractivity contribution in [2.45, 2.75) is 20.3 Å². The van der Waals surface area contributed by atoms with Gasteiger partial charge >= 0.3 is 0 Å². The highest BCUT2D eigenvalue weighted by molar-refractivity contribution is 6.02. The summed E-state index contributed by atoms with van der Waals surface area (Å²) in [7, 11) is 0. The molecule has 0 saturated heterocycles. The average Bonchev–Trinajstić information content (AvgIpc) is 3.10. The first-order valence-electron chi connectivity index (χ1n) is 7.59. The number of hydrogen-bond acceptors (Lipinski definition) is 3. The molecule has 1 N–H and O–H groups in total. The molecule has 1 aliphatic heterocycles. The zero-order valence-electron chi connectivity index (χ0n) is 12.9. The number of carbonyl (C=O) groups is 1. The second-order valence-corrected chi connectivity index (χ2v) is 5.44. The van der Waals surface area contributed by atoms with E-state index in [2.05, 4.69) is 29.3 Å². The van der Waals surface area contributed by atoms with E-state index in [1.54, 1.807) is 6.08 Å². The molecule has 114 valence electrons. The monoisotopic (exact) mass is 296 g/mol. The van der Waals surface area contributed by atoms with Crippen molar-refractivity contribution < 1.29 is 9.21 Å². The largest absolute Gasteiger partial charge is 0.462 e. The second kappa shape index (κ2) is 6.10. The number of amides is 1. The average molecular weight is 296 g/mol. The van der Waals surface area contributed by atoms with E-state index in [1.807, 2.05) is 25.1 Å². The van der Waals surface area contributed by atoms with Crippen molar-refractivity contribution >= 4 is 23.4 Å². The van der Waals surface area contributed by atoms with Gasteiger partial charge < -0.3 is 14.6 Å². The number of fused-ring (bicyclic) bond motifs is 1. The van der Waals surface area contributed by atoms with Gasteiger partial charge in [0.05, 0.1) is 0 Å². The third-order valence-electron chi connectivity index (χ3n) is 3.89. The molecule has 4 heteroatoms. The number of rotatable bonds is 4. The van der Waals surface area contributed by atoms with Gasteiger partial charge in [0.1, 0.15) is 11.5 Å². The van der Waals surface area contributed by atoms with Gasteiger partial charge in [-0.05, 0) is 56.2 Å². The van der Waals surface area contributed by atoms with Crippen molar-refractivity contribution in [2.75, 3.05) is 23.3 Å². The van der Waals surface area contributed by atoms with Crippen LogP contribution in [-0.2, 0) is 11.2 Å². The first kappa shape index (κ1) is 14.4. The highest BCUT2D eigenvalue weighted by Gasteiger charge is 2.17. The predicted octanol–water partition coefficient (Wildman–Crippen LogP) is 3.62. The van der Waals surface area contributed by atoms with Crippen molar-refractivity contribution in [2.24, 2.45) is 0 Å². The van der Waals surface area contributed by atoms with Gasteiger partial charge in [-0.1, -0.05) is 6.07 Å². The van der Waals surface area contributed by atoms with Crippen LogP contribution < -0.4 is 10.2 Å². The number of carbonyl (C=O) groups excluding carboxylic acids is 1. The van der Waals surface area contributed by atoms with Crippen LogP contribution in [0.25, 0.3) is 6.08 Å². The van der Waals surface area contributed by atoms with Crippen LogP contribution in [0.2, 0.25) is 0 Å². The molecular formula is C18H20N2O2. The highest BCUT2D eigenvalue weighted by atomic mass is 16.3. The summed E-state index contributed by atoms with van der Waals surface area (Å²) >= 11 is 0. The molecular weight excluding hydrogens is 276 g/mol. The molecule has 22 heavy (non-hydrogen) atoms. The summed E-state index contributed by atoms with van der Waals surface area (Å²) in [4.78, 5) is 14.3. The first-order chi connectivity index (χ1) is 10.7. The normalized spacial score (nSPS) is 13.6. The zero-order valence-corrected chi connectivity index (χ0v) is 12.9. The highest BCUT2D eigenvalue weighted by Crippen LogP contribution is 2.30. The number of anilines is 2.